The summed E-state index contributed by atoms with van der Waals surface area (Å²) in [4.78, 5) is 39.0. The first-order chi connectivity index (χ1) is 14.3. The van der Waals surface area contributed by atoms with Crippen LogP contribution in [0.2, 0.25) is 0 Å². The summed E-state index contributed by atoms with van der Waals surface area (Å²) in [6.45, 7) is 6.18. The van der Waals surface area contributed by atoms with Gasteiger partial charge in [-0.3, -0.25) is 14.9 Å². The van der Waals surface area contributed by atoms with Crippen molar-refractivity contribution in [3.8, 4) is 11.5 Å². The van der Waals surface area contributed by atoms with Gasteiger partial charge in [0.05, 0.1) is 19.4 Å². The molecule has 156 valence electrons. The molecule has 0 spiro atoms. The summed E-state index contributed by atoms with van der Waals surface area (Å²) in [5, 5.41) is 2.25. The van der Waals surface area contributed by atoms with Crippen LogP contribution in [-0.4, -0.2) is 31.6 Å². The second kappa shape index (κ2) is 8.82. The third-order valence-corrected chi connectivity index (χ3v) is 4.68. The lowest BCUT2D eigenvalue weighted by Gasteiger charge is -2.27. The van der Waals surface area contributed by atoms with Crippen LogP contribution in [0.25, 0.3) is 6.08 Å². The first-order valence-electron chi connectivity index (χ1n) is 9.65. The van der Waals surface area contributed by atoms with Gasteiger partial charge in [-0.1, -0.05) is 24.6 Å². The van der Waals surface area contributed by atoms with E-state index in [0.717, 1.165) is 22.4 Å². The second-order valence-electron chi connectivity index (χ2n) is 7.00. The molecule has 3 rings (SSSR count). The van der Waals surface area contributed by atoms with E-state index in [4.69, 9.17) is 9.47 Å². The summed E-state index contributed by atoms with van der Waals surface area (Å²) in [5.41, 5.74) is 2.57. The summed E-state index contributed by atoms with van der Waals surface area (Å²) in [7, 11) is 1.54. The van der Waals surface area contributed by atoms with Gasteiger partial charge < -0.3 is 9.47 Å². The van der Waals surface area contributed by atoms with Crippen LogP contribution in [0.1, 0.15) is 30.0 Å². The highest BCUT2D eigenvalue weighted by Crippen LogP contribution is 2.30. The molecule has 30 heavy (non-hydrogen) atoms. The van der Waals surface area contributed by atoms with Gasteiger partial charge in [0.15, 0.2) is 0 Å². The van der Waals surface area contributed by atoms with Crippen molar-refractivity contribution >= 4 is 29.6 Å². The van der Waals surface area contributed by atoms with Crippen LogP contribution in [0.3, 0.4) is 0 Å². The predicted octanol–water partition coefficient (Wildman–Crippen LogP) is 3.77. The van der Waals surface area contributed by atoms with Gasteiger partial charge in [0.2, 0.25) is 0 Å². The molecule has 1 saturated heterocycles. The zero-order chi connectivity index (χ0) is 21.8. The van der Waals surface area contributed by atoms with E-state index in [-0.39, 0.29) is 5.57 Å². The summed E-state index contributed by atoms with van der Waals surface area (Å²) < 4.78 is 11.0. The summed E-state index contributed by atoms with van der Waals surface area (Å²) in [5.74, 6) is -0.356. The van der Waals surface area contributed by atoms with Crippen molar-refractivity contribution in [3.63, 3.8) is 0 Å². The van der Waals surface area contributed by atoms with E-state index in [2.05, 4.69) is 5.32 Å². The molecular weight excluding hydrogens is 384 g/mol. The van der Waals surface area contributed by atoms with Crippen molar-refractivity contribution in [2.24, 2.45) is 0 Å². The Morgan fingerprint density at radius 1 is 1.07 bits per heavy atom. The van der Waals surface area contributed by atoms with Gasteiger partial charge in [-0.2, -0.15) is 0 Å². The largest absolute Gasteiger partial charge is 0.497 e. The Bertz CT molecular complexity index is 1040. The smallest absolute Gasteiger partial charge is 0.335 e. The van der Waals surface area contributed by atoms with Gasteiger partial charge in [0.1, 0.15) is 17.1 Å². The van der Waals surface area contributed by atoms with Crippen LogP contribution in [0.4, 0.5) is 10.5 Å². The van der Waals surface area contributed by atoms with Crippen molar-refractivity contribution in [3.05, 3.63) is 58.7 Å². The maximum absolute atomic E-state index is 13.1. The highest BCUT2D eigenvalue weighted by atomic mass is 16.5. The Balaban J connectivity index is 2.04. The van der Waals surface area contributed by atoms with Crippen molar-refractivity contribution in [2.75, 3.05) is 18.6 Å². The van der Waals surface area contributed by atoms with E-state index < -0.39 is 17.8 Å². The van der Waals surface area contributed by atoms with E-state index in [1.165, 1.54) is 6.08 Å². The third-order valence-electron chi connectivity index (χ3n) is 4.68. The van der Waals surface area contributed by atoms with E-state index in [0.29, 0.717) is 29.4 Å². The molecule has 0 aliphatic carbocycles. The molecule has 2 aromatic carbocycles. The number of ether oxygens (including phenoxy) is 2. The van der Waals surface area contributed by atoms with E-state index in [1.807, 2.05) is 32.9 Å². The lowest BCUT2D eigenvalue weighted by Crippen LogP contribution is -2.54. The van der Waals surface area contributed by atoms with Gasteiger partial charge >= 0.3 is 6.03 Å². The van der Waals surface area contributed by atoms with Gasteiger partial charge in [0.25, 0.3) is 11.8 Å². The molecule has 0 atom stereocenters. The van der Waals surface area contributed by atoms with Crippen LogP contribution < -0.4 is 19.7 Å². The summed E-state index contributed by atoms with van der Waals surface area (Å²) >= 11 is 0. The van der Waals surface area contributed by atoms with Crippen LogP contribution in [0, 0.1) is 13.8 Å². The maximum atomic E-state index is 13.1. The minimum absolute atomic E-state index is 0.152. The fourth-order valence-electron chi connectivity index (χ4n) is 3.19. The third kappa shape index (κ3) is 4.20. The normalized spacial score (nSPS) is 15.4. The molecule has 7 nitrogen and oxygen atoms in total. The number of hydrogen-bond acceptors (Lipinski definition) is 5. The molecule has 1 aliphatic heterocycles. The highest BCUT2D eigenvalue weighted by Gasteiger charge is 2.37. The van der Waals surface area contributed by atoms with Crippen molar-refractivity contribution < 1.29 is 23.9 Å². The number of nitrogens with one attached hydrogen (secondary N) is 1. The van der Waals surface area contributed by atoms with Crippen LogP contribution in [0.5, 0.6) is 11.5 Å². The molecular formula is C23H24N2O5. The van der Waals surface area contributed by atoms with Crippen molar-refractivity contribution in [1.82, 2.24) is 5.32 Å². The Labute approximate surface area is 175 Å². The number of amides is 4. The number of methoxy groups -OCH3 is 1. The molecule has 1 N–H and O–H groups in total. The average Bonchev–Trinajstić information content (AvgIpc) is 2.71. The number of anilines is 1. The van der Waals surface area contributed by atoms with Gasteiger partial charge in [-0.05, 0) is 50.1 Å². The zero-order valence-corrected chi connectivity index (χ0v) is 17.4. The maximum Gasteiger partial charge on any atom is 0.335 e. The number of hydrogen-bond donors (Lipinski definition) is 1. The van der Waals surface area contributed by atoms with Crippen LogP contribution in [-0.2, 0) is 9.59 Å². The Morgan fingerprint density at radius 2 is 1.83 bits per heavy atom. The van der Waals surface area contributed by atoms with E-state index in [9.17, 15) is 14.4 Å². The first-order valence-corrected chi connectivity index (χ1v) is 9.65. The lowest BCUT2D eigenvalue weighted by molar-refractivity contribution is -0.122. The lowest BCUT2D eigenvalue weighted by atomic mass is 10.0. The number of nitrogens with zero attached hydrogens (tertiary/aromatic N) is 1. The zero-order valence-electron chi connectivity index (χ0n) is 17.4. The fourth-order valence-corrected chi connectivity index (χ4v) is 3.19. The number of benzene rings is 2. The number of barbiturate groups is 1. The average molecular weight is 408 g/mol. The number of rotatable bonds is 6. The SMILES string of the molecule is CCCOc1cc(OC)ccc1/C=C1\C(=O)NC(=O)N(c2ccc(C)cc2C)C1=O. The molecule has 4 amide bonds. The molecule has 0 radical (unpaired) electrons. The predicted molar refractivity (Wildman–Crippen MR) is 114 cm³/mol. The molecule has 0 bridgehead atoms. The molecule has 2 aromatic rings. The van der Waals surface area contributed by atoms with Crippen LogP contribution in [0.15, 0.2) is 42.0 Å². The molecule has 0 aromatic heterocycles. The minimum Gasteiger partial charge on any atom is -0.497 e. The first kappa shape index (κ1) is 21.1. The number of urea groups is 1. The molecule has 0 saturated carbocycles. The van der Waals surface area contributed by atoms with Gasteiger partial charge in [-0.15, -0.1) is 0 Å². The molecule has 1 fully saturated rings. The fraction of sp³-hybridized carbons (Fsp3) is 0.261. The second-order valence-corrected chi connectivity index (χ2v) is 7.00. The topological polar surface area (TPSA) is 84.9 Å². The number of carbonyl (C=O) groups is 3. The van der Waals surface area contributed by atoms with Crippen molar-refractivity contribution in [1.29, 1.82) is 0 Å². The Morgan fingerprint density at radius 3 is 2.50 bits per heavy atom. The van der Waals surface area contributed by atoms with Gasteiger partial charge in [0, 0.05) is 11.6 Å². The standard InChI is InChI=1S/C23H24N2O5/c1-5-10-30-20-13-17(29-4)8-7-16(20)12-18-21(26)24-23(28)25(22(18)27)19-9-6-14(2)11-15(19)3/h6-9,11-13H,5,10H2,1-4H3,(H,24,26,28)/b18-12+. The molecule has 7 heteroatoms. The van der Waals surface area contributed by atoms with E-state index >= 15 is 0 Å². The van der Waals surface area contributed by atoms with Crippen molar-refractivity contribution in [2.45, 2.75) is 27.2 Å². The quantitative estimate of drug-likeness (QED) is 0.581. The number of carbonyl (C=O) groups excluding carboxylic acids is 3. The molecule has 1 aliphatic rings. The summed E-state index contributed by atoms with van der Waals surface area (Å²) in [6.07, 6.45) is 2.23. The number of imide groups is 2. The highest BCUT2D eigenvalue weighted by molar-refractivity contribution is 6.39. The molecule has 0 unspecified atom stereocenters. The monoisotopic (exact) mass is 408 g/mol. The minimum atomic E-state index is -0.772. The van der Waals surface area contributed by atoms with Crippen LogP contribution >= 0.6 is 0 Å². The Hall–Kier alpha value is -3.61. The Kier molecular flexibility index (Phi) is 6.20. The van der Waals surface area contributed by atoms with E-state index in [1.54, 1.807) is 31.4 Å². The van der Waals surface area contributed by atoms with Gasteiger partial charge in [-0.25, -0.2) is 9.69 Å². The summed E-state index contributed by atoms with van der Waals surface area (Å²) in [6, 6.07) is 9.71. The molecule has 1 heterocycles. The number of aryl methyl sites for hydroxylation is 2.